The molecule has 0 heterocycles. The molecule has 0 aliphatic heterocycles. The average molecular weight is 572 g/mol. The van der Waals surface area contributed by atoms with Crippen molar-refractivity contribution in [3.63, 3.8) is 0 Å². The van der Waals surface area contributed by atoms with Crippen LogP contribution in [0.15, 0.2) is 107 Å². The first kappa shape index (κ1) is 27.1. The molecule has 0 spiro atoms. The third kappa shape index (κ3) is 6.87. The summed E-state index contributed by atoms with van der Waals surface area (Å²) in [5, 5.41) is 4.05. The van der Waals surface area contributed by atoms with Crippen LogP contribution in [0.2, 0.25) is 10.0 Å². The Kier molecular flexibility index (Phi) is 8.82. The van der Waals surface area contributed by atoms with Gasteiger partial charge in [0.05, 0.1) is 16.3 Å². The van der Waals surface area contributed by atoms with E-state index >= 15 is 0 Å². The van der Waals surface area contributed by atoms with Crippen LogP contribution in [0.25, 0.3) is 0 Å². The zero-order valence-electron chi connectivity index (χ0n) is 19.9. The number of thioether (sulfide) groups is 1. The number of aryl methyl sites for hydroxylation is 1. The molecule has 190 valence electrons. The summed E-state index contributed by atoms with van der Waals surface area (Å²) in [6.07, 6.45) is 0. The van der Waals surface area contributed by atoms with Gasteiger partial charge < -0.3 is 5.32 Å². The lowest BCUT2D eigenvalue weighted by molar-refractivity contribution is -0.114. The molecule has 0 bridgehead atoms. The highest BCUT2D eigenvalue weighted by Crippen LogP contribution is 2.32. The smallest absolute Gasteiger partial charge is 0.264 e. The molecule has 1 N–H and O–H groups in total. The maximum absolute atomic E-state index is 13.6. The second-order valence-electron chi connectivity index (χ2n) is 8.22. The van der Waals surface area contributed by atoms with Crippen LogP contribution in [0, 0.1) is 6.92 Å². The molecule has 9 heteroatoms. The first-order valence-electron chi connectivity index (χ1n) is 11.3. The molecule has 4 aromatic rings. The first-order valence-corrected chi connectivity index (χ1v) is 14.5. The van der Waals surface area contributed by atoms with E-state index in [-0.39, 0.29) is 4.90 Å². The lowest BCUT2D eigenvalue weighted by Gasteiger charge is -2.26. The van der Waals surface area contributed by atoms with Gasteiger partial charge in [0.15, 0.2) is 0 Å². The molecule has 0 fully saturated rings. The highest BCUT2D eigenvalue weighted by Gasteiger charge is 2.28. The number of hydrogen-bond acceptors (Lipinski definition) is 4. The lowest BCUT2D eigenvalue weighted by Crippen LogP contribution is -2.38. The van der Waals surface area contributed by atoms with Gasteiger partial charge in [-0.15, -0.1) is 11.8 Å². The van der Waals surface area contributed by atoms with Crippen LogP contribution < -0.4 is 9.62 Å². The Labute approximate surface area is 231 Å². The number of carbonyl (C=O) groups excluding carboxylic acids is 1. The summed E-state index contributed by atoms with van der Waals surface area (Å²) in [6.45, 7) is 1.35. The summed E-state index contributed by atoms with van der Waals surface area (Å²) < 4.78 is 28.3. The minimum Gasteiger partial charge on any atom is -0.323 e. The third-order valence-electron chi connectivity index (χ3n) is 5.51. The fraction of sp³-hybridized carbons (Fsp3) is 0.107. The number of hydrogen-bond donors (Lipinski definition) is 1. The molecule has 1 amide bonds. The van der Waals surface area contributed by atoms with E-state index in [0.29, 0.717) is 32.7 Å². The summed E-state index contributed by atoms with van der Waals surface area (Å²) in [7, 11) is -4.02. The number of rotatable bonds is 9. The van der Waals surface area contributed by atoms with E-state index < -0.39 is 22.5 Å². The number of nitrogens with zero attached hydrogens (tertiary/aromatic N) is 1. The van der Waals surface area contributed by atoms with Crippen LogP contribution in [0.5, 0.6) is 0 Å². The predicted molar refractivity (Wildman–Crippen MR) is 153 cm³/mol. The second kappa shape index (κ2) is 12.0. The average Bonchev–Trinajstić information content (AvgIpc) is 2.88. The molecule has 0 atom stereocenters. The van der Waals surface area contributed by atoms with Gasteiger partial charge in [-0.05, 0) is 72.6 Å². The van der Waals surface area contributed by atoms with E-state index in [9.17, 15) is 13.2 Å². The van der Waals surface area contributed by atoms with Gasteiger partial charge in [-0.1, -0.05) is 65.7 Å². The van der Waals surface area contributed by atoms with Crippen molar-refractivity contribution in [1.82, 2.24) is 0 Å². The van der Waals surface area contributed by atoms with Crippen molar-refractivity contribution in [2.75, 3.05) is 16.2 Å². The molecular weight excluding hydrogens is 547 g/mol. The number of para-hydroxylation sites is 1. The zero-order chi connectivity index (χ0) is 26.4. The van der Waals surface area contributed by atoms with E-state index in [1.165, 1.54) is 12.1 Å². The minimum atomic E-state index is -4.02. The predicted octanol–water partition coefficient (Wildman–Crippen LogP) is 7.43. The lowest BCUT2D eigenvalue weighted by atomic mass is 10.2. The fourth-order valence-electron chi connectivity index (χ4n) is 3.68. The van der Waals surface area contributed by atoms with Crippen molar-refractivity contribution in [1.29, 1.82) is 0 Å². The van der Waals surface area contributed by atoms with Gasteiger partial charge in [0, 0.05) is 20.7 Å². The molecule has 0 saturated heterocycles. The number of amides is 1. The van der Waals surface area contributed by atoms with Crippen molar-refractivity contribution in [3.8, 4) is 0 Å². The highest BCUT2D eigenvalue weighted by atomic mass is 35.5. The van der Waals surface area contributed by atoms with Crippen molar-refractivity contribution >= 4 is 62.3 Å². The van der Waals surface area contributed by atoms with Gasteiger partial charge >= 0.3 is 0 Å². The second-order valence-corrected chi connectivity index (χ2v) is 12.0. The Hall–Kier alpha value is -2.97. The van der Waals surface area contributed by atoms with Crippen LogP contribution >= 0.6 is 35.0 Å². The summed E-state index contributed by atoms with van der Waals surface area (Å²) in [5.41, 5.74) is 2.72. The maximum Gasteiger partial charge on any atom is 0.264 e. The number of anilines is 2. The zero-order valence-corrected chi connectivity index (χ0v) is 23.0. The van der Waals surface area contributed by atoms with Crippen molar-refractivity contribution in [2.24, 2.45) is 0 Å². The van der Waals surface area contributed by atoms with Gasteiger partial charge in [0.25, 0.3) is 10.0 Å². The summed E-state index contributed by atoms with van der Waals surface area (Å²) in [4.78, 5) is 14.2. The number of carbonyl (C=O) groups is 1. The van der Waals surface area contributed by atoms with Crippen LogP contribution in [0.1, 0.15) is 11.1 Å². The van der Waals surface area contributed by atoms with Crippen molar-refractivity contribution in [3.05, 3.63) is 118 Å². The molecule has 4 aromatic carbocycles. The third-order valence-corrected chi connectivity index (χ3v) is 8.92. The molecule has 0 radical (unpaired) electrons. The van der Waals surface area contributed by atoms with Crippen molar-refractivity contribution in [2.45, 2.75) is 22.5 Å². The quantitative estimate of drug-likeness (QED) is 0.212. The van der Waals surface area contributed by atoms with E-state index in [2.05, 4.69) is 5.32 Å². The highest BCUT2D eigenvalue weighted by molar-refractivity contribution is 7.98. The number of sulfonamides is 1. The van der Waals surface area contributed by atoms with Crippen molar-refractivity contribution < 1.29 is 13.2 Å². The summed E-state index contributed by atoms with van der Waals surface area (Å²) in [6, 6.07) is 28.0. The van der Waals surface area contributed by atoms with Crippen LogP contribution in [0.4, 0.5) is 11.4 Å². The van der Waals surface area contributed by atoms with Gasteiger partial charge in [0.2, 0.25) is 5.91 Å². The normalized spacial score (nSPS) is 11.2. The minimum absolute atomic E-state index is 0.0936. The number of benzene rings is 4. The van der Waals surface area contributed by atoms with E-state index in [1.807, 2.05) is 42.5 Å². The van der Waals surface area contributed by atoms with E-state index in [1.54, 1.807) is 61.2 Å². The molecule has 0 unspecified atom stereocenters. The molecule has 0 saturated carbocycles. The van der Waals surface area contributed by atoms with Crippen LogP contribution in [-0.2, 0) is 20.6 Å². The topological polar surface area (TPSA) is 66.5 Å². The Morgan fingerprint density at radius 1 is 0.865 bits per heavy atom. The Morgan fingerprint density at radius 2 is 1.51 bits per heavy atom. The Bertz CT molecular complexity index is 1500. The first-order chi connectivity index (χ1) is 17.7. The summed E-state index contributed by atoms with van der Waals surface area (Å²) >= 11 is 13.7. The Morgan fingerprint density at radius 3 is 2.22 bits per heavy atom. The SMILES string of the molecule is Cc1cc(Cl)ccc1N(CC(=O)Nc1ccccc1SCc1ccc(Cl)cc1)S(=O)(=O)c1ccccc1. The molecule has 5 nitrogen and oxygen atoms in total. The monoisotopic (exact) mass is 570 g/mol. The molecule has 37 heavy (non-hydrogen) atoms. The van der Waals surface area contributed by atoms with Gasteiger partial charge in [-0.25, -0.2) is 8.42 Å². The number of nitrogens with one attached hydrogen (secondary N) is 1. The molecule has 0 aliphatic rings. The number of halogens is 2. The van der Waals surface area contributed by atoms with Crippen LogP contribution in [-0.4, -0.2) is 20.9 Å². The maximum atomic E-state index is 13.6. The van der Waals surface area contributed by atoms with Crippen LogP contribution in [0.3, 0.4) is 0 Å². The standard InChI is InChI=1S/C28H24Cl2N2O3S2/c1-20-17-23(30)15-16-26(20)32(37(34,35)24-7-3-2-4-8-24)18-28(33)31-25-9-5-6-10-27(25)36-19-21-11-13-22(29)14-12-21/h2-17H,18-19H2,1H3,(H,31,33). The Balaban J connectivity index is 1.58. The fourth-order valence-corrected chi connectivity index (χ4v) is 6.50. The molecule has 4 rings (SSSR count). The van der Waals surface area contributed by atoms with Gasteiger partial charge in [0.1, 0.15) is 6.54 Å². The van der Waals surface area contributed by atoms with E-state index in [4.69, 9.17) is 23.2 Å². The summed E-state index contributed by atoms with van der Waals surface area (Å²) in [5.74, 6) is 0.219. The van der Waals surface area contributed by atoms with Gasteiger partial charge in [-0.2, -0.15) is 0 Å². The molecule has 0 aromatic heterocycles. The van der Waals surface area contributed by atoms with E-state index in [0.717, 1.165) is 14.8 Å². The van der Waals surface area contributed by atoms with Gasteiger partial charge in [-0.3, -0.25) is 9.10 Å². The largest absolute Gasteiger partial charge is 0.323 e. The molecular formula is C28H24Cl2N2O3S2. The molecule has 0 aliphatic carbocycles.